The Kier molecular flexibility index (Phi) is 3.43. The van der Waals surface area contributed by atoms with E-state index >= 15 is 0 Å². The van der Waals surface area contributed by atoms with Gasteiger partial charge in [0.2, 0.25) is 0 Å². The molecule has 0 atom stereocenters. The minimum Gasteiger partial charge on any atom is -0.507 e. The van der Waals surface area contributed by atoms with Gasteiger partial charge in [0.15, 0.2) is 0 Å². The molecule has 2 rings (SSSR count). The smallest absolute Gasteiger partial charge is 0.255 e. The summed E-state index contributed by atoms with van der Waals surface area (Å²) >= 11 is 0. The molecule has 0 spiro atoms. The highest BCUT2D eigenvalue weighted by Gasteiger charge is 2.34. The molecule has 1 aliphatic rings. The Morgan fingerprint density at radius 2 is 2.22 bits per heavy atom. The summed E-state index contributed by atoms with van der Waals surface area (Å²) in [5.74, 6) is -0.0130. The number of aliphatic hydroxyl groups is 1. The highest BCUT2D eigenvalue weighted by molar-refractivity contribution is 5.97. The number of hydrogen-bond acceptors (Lipinski definition) is 4. The first-order valence-corrected chi connectivity index (χ1v) is 5.92. The van der Waals surface area contributed by atoms with E-state index in [4.69, 9.17) is 4.74 Å². The first-order chi connectivity index (χ1) is 8.54. The van der Waals surface area contributed by atoms with Crippen LogP contribution in [0.15, 0.2) is 18.2 Å². The molecule has 0 unspecified atom stereocenters. The molecular formula is C13H17NO4. The summed E-state index contributed by atoms with van der Waals surface area (Å²) in [5, 5.41) is 22.1. The van der Waals surface area contributed by atoms with Crippen molar-refractivity contribution in [2.45, 2.75) is 24.9 Å². The van der Waals surface area contributed by atoms with E-state index in [0.29, 0.717) is 18.6 Å². The Labute approximate surface area is 105 Å². The zero-order chi connectivity index (χ0) is 13.2. The number of benzene rings is 1. The van der Waals surface area contributed by atoms with Crippen LogP contribution in [0.5, 0.6) is 11.5 Å². The molecule has 1 amide bonds. The Bertz CT molecular complexity index is 454. The normalized spacial score (nSPS) is 16.8. The standard InChI is InChI=1S/C13H17NO4/c1-18-9-3-4-11(15)10(7-9)12(16)14-8-13(17)5-2-6-13/h3-4,7,15,17H,2,5-6,8H2,1H3,(H,14,16). The summed E-state index contributed by atoms with van der Waals surface area (Å²) in [4.78, 5) is 11.9. The lowest BCUT2D eigenvalue weighted by atomic mass is 9.80. The minimum absolute atomic E-state index is 0.103. The molecule has 1 fully saturated rings. The molecule has 5 nitrogen and oxygen atoms in total. The molecule has 1 saturated carbocycles. The number of carbonyl (C=O) groups excluding carboxylic acids is 1. The monoisotopic (exact) mass is 251 g/mol. The second-order valence-corrected chi connectivity index (χ2v) is 4.64. The fourth-order valence-corrected chi connectivity index (χ4v) is 1.93. The maximum atomic E-state index is 11.9. The molecule has 0 radical (unpaired) electrons. The fourth-order valence-electron chi connectivity index (χ4n) is 1.93. The summed E-state index contributed by atoms with van der Waals surface area (Å²) in [5.41, 5.74) is -0.623. The maximum absolute atomic E-state index is 11.9. The van der Waals surface area contributed by atoms with Crippen LogP contribution in [0, 0.1) is 0 Å². The van der Waals surface area contributed by atoms with Crippen molar-refractivity contribution in [2.75, 3.05) is 13.7 Å². The summed E-state index contributed by atoms with van der Waals surface area (Å²) in [7, 11) is 1.49. The van der Waals surface area contributed by atoms with Crippen LogP contribution in [-0.2, 0) is 0 Å². The number of rotatable bonds is 4. The molecule has 3 N–H and O–H groups in total. The average Bonchev–Trinajstić information content (AvgIpc) is 2.34. The van der Waals surface area contributed by atoms with Crippen molar-refractivity contribution in [1.29, 1.82) is 0 Å². The SMILES string of the molecule is COc1ccc(O)c(C(=O)NCC2(O)CCC2)c1. The van der Waals surface area contributed by atoms with Crippen LogP contribution in [0.3, 0.4) is 0 Å². The number of carbonyl (C=O) groups is 1. The lowest BCUT2D eigenvalue weighted by molar-refractivity contribution is -0.0300. The molecule has 98 valence electrons. The van der Waals surface area contributed by atoms with Crippen molar-refractivity contribution < 1.29 is 19.7 Å². The molecule has 18 heavy (non-hydrogen) atoms. The zero-order valence-corrected chi connectivity index (χ0v) is 10.3. The number of phenols is 1. The van der Waals surface area contributed by atoms with Gasteiger partial charge in [0.1, 0.15) is 11.5 Å². The van der Waals surface area contributed by atoms with Crippen LogP contribution in [0.25, 0.3) is 0 Å². The van der Waals surface area contributed by atoms with Crippen LogP contribution in [0.1, 0.15) is 29.6 Å². The molecule has 1 aromatic carbocycles. The summed E-state index contributed by atoms with van der Waals surface area (Å²) < 4.78 is 5.00. The van der Waals surface area contributed by atoms with Crippen molar-refractivity contribution in [3.63, 3.8) is 0 Å². The number of ether oxygens (including phenoxy) is 1. The predicted molar refractivity (Wildman–Crippen MR) is 65.8 cm³/mol. The van der Waals surface area contributed by atoms with Gasteiger partial charge in [-0.1, -0.05) is 0 Å². The van der Waals surface area contributed by atoms with Crippen LogP contribution in [0.2, 0.25) is 0 Å². The zero-order valence-electron chi connectivity index (χ0n) is 10.3. The van der Waals surface area contributed by atoms with Crippen molar-refractivity contribution >= 4 is 5.91 Å². The lowest BCUT2D eigenvalue weighted by Gasteiger charge is -2.36. The van der Waals surface area contributed by atoms with Gasteiger partial charge in [-0.3, -0.25) is 4.79 Å². The van der Waals surface area contributed by atoms with Crippen LogP contribution >= 0.6 is 0 Å². The van der Waals surface area contributed by atoms with Crippen LogP contribution < -0.4 is 10.1 Å². The summed E-state index contributed by atoms with van der Waals surface area (Å²) in [6.45, 7) is 0.211. The number of hydrogen-bond donors (Lipinski definition) is 3. The second kappa shape index (κ2) is 4.86. The van der Waals surface area contributed by atoms with Crippen molar-refractivity contribution in [1.82, 2.24) is 5.32 Å². The molecule has 0 heterocycles. The van der Waals surface area contributed by atoms with Gasteiger partial charge in [-0.15, -0.1) is 0 Å². The Morgan fingerprint density at radius 3 is 2.78 bits per heavy atom. The molecular weight excluding hydrogens is 234 g/mol. The summed E-state index contributed by atoms with van der Waals surface area (Å²) in [6, 6.07) is 4.45. The van der Waals surface area contributed by atoms with Crippen molar-refractivity contribution in [3.8, 4) is 11.5 Å². The molecule has 0 aliphatic heterocycles. The maximum Gasteiger partial charge on any atom is 0.255 e. The minimum atomic E-state index is -0.774. The molecule has 0 bridgehead atoms. The van der Waals surface area contributed by atoms with Gasteiger partial charge < -0.3 is 20.3 Å². The number of methoxy groups -OCH3 is 1. The van der Waals surface area contributed by atoms with Gasteiger partial charge in [-0.25, -0.2) is 0 Å². The van der Waals surface area contributed by atoms with Crippen molar-refractivity contribution in [2.24, 2.45) is 0 Å². The Balaban J connectivity index is 2.03. The van der Waals surface area contributed by atoms with E-state index < -0.39 is 11.5 Å². The molecule has 1 aromatic rings. The highest BCUT2D eigenvalue weighted by atomic mass is 16.5. The molecule has 0 saturated heterocycles. The third kappa shape index (κ3) is 2.56. The van der Waals surface area contributed by atoms with E-state index in [1.807, 2.05) is 0 Å². The van der Waals surface area contributed by atoms with Gasteiger partial charge in [-0.2, -0.15) is 0 Å². The van der Waals surface area contributed by atoms with E-state index in [1.54, 1.807) is 6.07 Å². The third-order valence-electron chi connectivity index (χ3n) is 3.31. The van der Waals surface area contributed by atoms with Crippen LogP contribution in [0.4, 0.5) is 0 Å². The van der Waals surface area contributed by atoms with E-state index in [2.05, 4.69) is 5.32 Å². The van der Waals surface area contributed by atoms with E-state index in [1.165, 1.54) is 19.2 Å². The van der Waals surface area contributed by atoms with Gasteiger partial charge in [0.05, 0.1) is 18.3 Å². The van der Waals surface area contributed by atoms with E-state index in [0.717, 1.165) is 6.42 Å². The first kappa shape index (κ1) is 12.7. The van der Waals surface area contributed by atoms with Gasteiger partial charge in [0, 0.05) is 6.54 Å². The first-order valence-electron chi connectivity index (χ1n) is 5.92. The summed E-state index contributed by atoms with van der Waals surface area (Å²) in [6.07, 6.45) is 2.39. The quantitative estimate of drug-likeness (QED) is 0.747. The number of nitrogens with one attached hydrogen (secondary N) is 1. The van der Waals surface area contributed by atoms with Crippen molar-refractivity contribution in [3.05, 3.63) is 23.8 Å². The Hall–Kier alpha value is -1.75. The highest BCUT2D eigenvalue weighted by Crippen LogP contribution is 2.31. The van der Waals surface area contributed by atoms with Gasteiger partial charge >= 0.3 is 0 Å². The van der Waals surface area contributed by atoms with Gasteiger partial charge in [0.25, 0.3) is 5.91 Å². The fraction of sp³-hybridized carbons (Fsp3) is 0.462. The lowest BCUT2D eigenvalue weighted by Crippen LogP contribution is -2.47. The number of amides is 1. The molecule has 1 aliphatic carbocycles. The predicted octanol–water partition coefficient (Wildman–Crippen LogP) is 1.05. The average molecular weight is 251 g/mol. The Morgan fingerprint density at radius 1 is 1.50 bits per heavy atom. The number of phenolic OH excluding ortho intramolecular Hbond substituents is 1. The number of aromatic hydroxyl groups is 1. The molecule has 5 heteroatoms. The van der Waals surface area contributed by atoms with Crippen LogP contribution in [-0.4, -0.2) is 35.4 Å². The molecule has 0 aromatic heterocycles. The van der Waals surface area contributed by atoms with Gasteiger partial charge in [-0.05, 0) is 37.5 Å². The third-order valence-corrected chi connectivity index (χ3v) is 3.31. The second-order valence-electron chi connectivity index (χ2n) is 4.64. The van der Waals surface area contributed by atoms with E-state index in [-0.39, 0.29) is 17.9 Å². The largest absolute Gasteiger partial charge is 0.507 e. The van der Waals surface area contributed by atoms with E-state index in [9.17, 15) is 15.0 Å². The topological polar surface area (TPSA) is 78.8 Å².